The average molecular weight is 233 g/mol. The Balaban J connectivity index is 2.35. The van der Waals surface area contributed by atoms with E-state index in [1.54, 1.807) is 18.2 Å². The van der Waals surface area contributed by atoms with E-state index in [2.05, 4.69) is 11.9 Å². The van der Waals surface area contributed by atoms with Gasteiger partial charge in [0.1, 0.15) is 0 Å². The Kier molecular flexibility index (Phi) is 2.99. The van der Waals surface area contributed by atoms with E-state index in [1.165, 1.54) is 0 Å². The smallest absolute Gasteiger partial charge is 0.335 e. The van der Waals surface area contributed by atoms with Gasteiger partial charge in [0.05, 0.1) is 11.3 Å². The van der Waals surface area contributed by atoms with Crippen LogP contribution in [0.2, 0.25) is 0 Å². The van der Waals surface area contributed by atoms with Crippen LogP contribution in [0.1, 0.15) is 29.3 Å². The highest BCUT2D eigenvalue weighted by molar-refractivity contribution is 5.89. The minimum atomic E-state index is -0.919. The van der Waals surface area contributed by atoms with Crippen molar-refractivity contribution in [2.24, 2.45) is 10.7 Å². The Morgan fingerprint density at radius 2 is 2.35 bits per heavy atom. The van der Waals surface area contributed by atoms with E-state index in [0.717, 1.165) is 24.2 Å². The molecular formula is C12H15N3O2. The summed E-state index contributed by atoms with van der Waals surface area (Å²) in [7, 11) is 0. The predicted octanol–water partition coefficient (Wildman–Crippen LogP) is 1.56. The van der Waals surface area contributed by atoms with Gasteiger partial charge in [-0.05, 0) is 30.2 Å². The molecule has 3 N–H and O–H groups in total. The van der Waals surface area contributed by atoms with Crippen molar-refractivity contribution in [2.75, 3.05) is 6.54 Å². The van der Waals surface area contributed by atoms with Gasteiger partial charge in [0, 0.05) is 13.1 Å². The molecule has 0 spiro atoms. The van der Waals surface area contributed by atoms with Crippen LogP contribution in [0.25, 0.3) is 0 Å². The molecule has 0 bridgehead atoms. The van der Waals surface area contributed by atoms with Crippen LogP contribution in [0.15, 0.2) is 23.2 Å². The zero-order chi connectivity index (χ0) is 12.4. The summed E-state index contributed by atoms with van der Waals surface area (Å²) in [5.41, 5.74) is 7.80. The molecular weight excluding hydrogens is 218 g/mol. The summed E-state index contributed by atoms with van der Waals surface area (Å²) in [5, 5.41) is 8.93. The number of hydrogen-bond donors (Lipinski definition) is 2. The van der Waals surface area contributed by atoms with Crippen molar-refractivity contribution in [1.29, 1.82) is 0 Å². The molecule has 0 aliphatic carbocycles. The third kappa shape index (κ3) is 2.22. The molecule has 1 aliphatic heterocycles. The van der Waals surface area contributed by atoms with Gasteiger partial charge in [0.25, 0.3) is 0 Å². The molecule has 90 valence electrons. The molecule has 0 amide bonds. The maximum absolute atomic E-state index is 10.9. The zero-order valence-electron chi connectivity index (χ0n) is 9.68. The fraction of sp³-hybridized carbons (Fsp3) is 0.333. The van der Waals surface area contributed by atoms with E-state index in [9.17, 15) is 4.79 Å². The van der Waals surface area contributed by atoms with Gasteiger partial charge in [-0.3, -0.25) is 0 Å². The van der Waals surface area contributed by atoms with Crippen LogP contribution in [0.4, 0.5) is 5.69 Å². The molecule has 2 rings (SSSR count). The number of carboxylic acids is 1. The van der Waals surface area contributed by atoms with Gasteiger partial charge < -0.3 is 15.7 Å². The van der Waals surface area contributed by atoms with Crippen molar-refractivity contribution >= 4 is 17.6 Å². The summed E-state index contributed by atoms with van der Waals surface area (Å²) in [5.74, 6) is -0.417. The molecule has 0 atom stereocenters. The number of guanidine groups is 1. The van der Waals surface area contributed by atoms with Gasteiger partial charge >= 0.3 is 5.97 Å². The van der Waals surface area contributed by atoms with E-state index >= 15 is 0 Å². The second kappa shape index (κ2) is 4.45. The number of nitrogens with zero attached hydrogens (tertiary/aromatic N) is 2. The average Bonchev–Trinajstić information content (AvgIpc) is 2.29. The van der Waals surface area contributed by atoms with Crippen molar-refractivity contribution in [3.05, 3.63) is 29.3 Å². The van der Waals surface area contributed by atoms with E-state index in [0.29, 0.717) is 12.5 Å². The number of nitrogens with two attached hydrogens (primary N) is 1. The van der Waals surface area contributed by atoms with Crippen LogP contribution in [-0.2, 0) is 6.54 Å². The maximum atomic E-state index is 10.9. The molecule has 1 heterocycles. The quantitative estimate of drug-likeness (QED) is 0.830. The molecule has 1 aliphatic rings. The number of fused-ring (bicyclic) bond motifs is 1. The first-order valence-electron chi connectivity index (χ1n) is 5.57. The molecule has 0 radical (unpaired) electrons. The lowest BCUT2D eigenvalue weighted by atomic mass is 10.1. The van der Waals surface area contributed by atoms with Crippen molar-refractivity contribution in [3.63, 3.8) is 0 Å². The van der Waals surface area contributed by atoms with Gasteiger partial charge in [-0.25, -0.2) is 9.79 Å². The lowest BCUT2D eigenvalue weighted by molar-refractivity contribution is 0.0696. The Labute approximate surface area is 99.6 Å². The van der Waals surface area contributed by atoms with Gasteiger partial charge in [0.2, 0.25) is 0 Å². The third-order valence-corrected chi connectivity index (χ3v) is 2.74. The molecule has 17 heavy (non-hydrogen) atoms. The van der Waals surface area contributed by atoms with Crippen LogP contribution in [-0.4, -0.2) is 28.5 Å². The Hall–Kier alpha value is -2.04. The molecule has 1 aromatic rings. The van der Waals surface area contributed by atoms with Gasteiger partial charge in [0.15, 0.2) is 5.96 Å². The molecule has 0 unspecified atom stereocenters. The standard InChI is InChI=1S/C12H15N3O2/c1-2-5-15-7-9-6-8(11(16)17)3-4-10(9)14-12(15)13/h3-4,6H,2,5,7H2,1H3,(H2,13,14)(H,16,17). The summed E-state index contributed by atoms with van der Waals surface area (Å²) in [4.78, 5) is 17.1. The Morgan fingerprint density at radius 1 is 1.59 bits per heavy atom. The molecule has 0 saturated heterocycles. The van der Waals surface area contributed by atoms with E-state index in [1.807, 2.05) is 4.90 Å². The van der Waals surface area contributed by atoms with Crippen LogP contribution in [0.5, 0.6) is 0 Å². The Bertz CT molecular complexity index is 483. The summed E-state index contributed by atoms with van der Waals surface area (Å²) in [6, 6.07) is 4.92. The van der Waals surface area contributed by atoms with Gasteiger partial charge in [-0.15, -0.1) is 0 Å². The molecule has 5 heteroatoms. The molecule has 1 aromatic carbocycles. The highest BCUT2D eigenvalue weighted by atomic mass is 16.4. The Morgan fingerprint density at radius 3 is 3.00 bits per heavy atom. The van der Waals surface area contributed by atoms with Gasteiger partial charge in [-0.1, -0.05) is 6.92 Å². The van der Waals surface area contributed by atoms with Crippen molar-refractivity contribution in [1.82, 2.24) is 4.90 Å². The van der Waals surface area contributed by atoms with E-state index < -0.39 is 5.97 Å². The zero-order valence-corrected chi connectivity index (χ0v) is 9.68. The number of hydrogen-bond acceptors (Lipinski definition) is 4. The topological polar surface area (TPSA) is 78.9 Å². The number of aliphatic imine (C=N–C) groups is 1. The van der Waals surface area contributed by atoms with Crippen LogP contribution in [0.3, 0.4) is 0 Å². The maximum Gasteiger partial charge on any atom is 0.335 e. The lowest BCUT2D eigenvalue weighted by Crippen LogP contribution is -2.39. The molecule has 0 saturated carbocycles. The second-order valence-electron chi connectivity index (χ2n) is 4.04. The van der Waals surface area contributed by atoms with Crippen LogP contribution >= 0.6 is 0 Å². The number of benzene rings is 1. The van der Waals surface area contributed by atoms with Crippen LogP contribution in [0, 0.1) is 0 Å². The monoisotopic (exact) mass is 233 g/mol. The fourth-order valence-electron chi connectivity index (χ4n) is 1.90. The number of carbonyl (C=O) groups is 1. The van der Waals surface area contributed by atoms with Gasteiger partial charge in [-0.2, -0.15) is 0 Å². The highest BCUT2D eigenvalue weighted by Gasteiger charge is 2.18. The summed E-state index contributed by atoms with van der Waals surface area (Å²) < 4.78 is 0. The fourth-order valence-corrected chi connectivity index (χ4v) is 1.90. The normalized spacial score (nSPS) is 14.2. The third-order valence-electron chi connectivity index (χ3n) is 2.74. The summed E-state index contributed by atoms with van der Waals surface area (Å²) in [6.45, 7) is 3.52. The van der Waals surface area contributed by atoms with Crippen molar-refractivity contribution < 1.29 is 9.90 Å². The van der Waals surface area contributed by atoms with Crippen molar-refractivity contribution in [3.8, 4) is 0 Å². The SMILES string of the molecule is CCCN1Cc2cc(C(=O)O)ccc2N=C1N. The minimum Gasteiger partial charge on any atom is -0.478 e. The summed E-state index contributed by atoms with van der Waals surface area (Å²) in [6.07, 6.45) is 0.976. The largest absolute Gasteiger partial charge is 0.478 e. The second-order valence-corrected chi connectivity index (χ2v) is 4.04. The molecule has 0 fully saturated rings. The van der Waals surface area contributed by atoms with E-state index in [4.69, 9.17) is 10.8 Å². The lowest BCUT2D eigenvalue weighted by Gasteiger charge is -2.27. The first-order valence-corrected chi connectivity index (χ1v) is 5.57. The van der Waals surface area contributed by atoms with E-state index in [-0.39, 0.29) is 5.56 Å². The number of carboxylic acid groups (broad SMARTS) is 1. The minimum absolute atomic E-state index is 0.288. The molecule has 5 nitrogen and oxygen atoms in total. The number of aromatic carboxylic acids is 1. The number of rotatable bonds is 3. The van der Waals surface area contributed by atoms with Crippen molar-refractivity contribution in [2.45, 2.75) is 19.9 Å². The first-order chi connectivity index (χ1) is 8.11. The van der Waals surface area contributed by atoms with Crippen LogP contribution < -0.4 is 5.73 Å². The predicted molar refractivity (Wildman–Crippen MR) is 65.4 cm³/mol. The highest BCUT2D eigenvalue weighted by Crippen LogP contribution is 2.26. The molecule has 0 aromatic heterocycles. The summed E-state index contributed by atoms with van der Waals surface area (Å²) >= 11 is 0. The first kappa shape index (κ1) is 11.4.